The number of nitro groups is 1. The van der Waals surface area contributed by atoms with Crippen molar-refractivity contribution >= 4 is 67.6 Å². The number of benzene rings is 3. The zero-order valence-corrected chi connectivity index (χ0v) is 22.3. The average molecular weight is 609 g/mol. The first kappa shape index (κ1) is 26.8. The summed E-state index contributed by atoms with van der Waals surface area (Å²) in [6.45, 7) is 3.89. The minimum atomic E-state index is -4.75. The third kappa shape index (κ3) is 5.71. The van der Waals surface area contributed by atoms with Crippen LogP contribution in [0.25, 0.3) is 6.08 Å². The number of hydrogen-bond donors (Lipinski definition) is 0. The number of nitrogens with zero attached hydrogens (tertiary/aromatic N) is 2. The summed E-state index contributed by atoms with van der Waals surface area (Å²) in [6, 6.07) is 12.3. The standard InChI is InChI=1S/C25H16BrF3N2O4S2/c1-13-3-6-18(9-14(13)2)30-23(32)22(37-24(30)36)11-15-10-17(26)5-8-20(15)35-21-7-4-16(25(27,28)29)12-19(21)31(33)34/h3-12H,1-2H3/b22-11+. The van der Waals surface area contributed by atoms with E-state index in [2.05, 4.69) is 15.9 Å². The molecule has 0 aromatic heterocycles. The molecule has 0 N–H and O–H groups in total. The van der Waals surface area contributed by atoms with Crippen molar-refractivity contribution in [3.05, 3.63) is 96.3 Å². The number of halogens is 4. The number of anilines is 1. The Morgan fingerprint density at radius 2 is 1.76 bits per heavy atom. The van der Waals surface area contributed by atoms with Crippen molar-refractivity contribution < 1.29 is 27.6 Å². The van der Waals surface area contributed by atoms with Crippen molar-refractivity contribution in [2.75, 3.05) is 4.90 Å². The van der Waals surface area contributed by atoms with Gasteiger partial charge in [-0.1, -0.05) is 46.0 Å². The van der Waals surface area contributed by atoms with Crippen molar-refractivity contribution in [1.82, 2.24) is 0 Å². The minimum Gasteiger partial charge on any atom is -0.449 e. The lowest BCUT2D eigenvalue weighted by Crippen LogP contribution is -2.27. The first-order valence-corrected chi connectivity index (χ1v) is 12.5. The molecule has 3 aromatic carbocycles. The smallest absolute Gasteiger partial charge is 0.416 e. The Hall–Kier alpha value is -3.22. The van der Waals surface area contributed by atoms with Crippen LogP contribution in [0.4, 0.5) is 24.5 Å². The van der Waals surface area contributed by atoms with Crippen LogP contribution in [-0.4, -0.2) is 15.2 Å². The molecule has 37 heavy (non-hydrogen) atoms. The van der Waals surface area contributed by atoms with Crippen LogP contribution < -0.4 is 9.64 Å². The third-order valence-electron chi connectivity index (χ3n) is 5.50. The van der Waals surface area contributed by atoms with Gasteiger partial charge in [-0.3, -0.25) is 19.8 Å². The Kier molecular flexibility index (Phi) is 7.45. The molecule has 1 fully saturated rings. The van der Waals surface area contributed by atoms with Gasteiger partial charge in [-0.2, -0.15) is 13.2 Å². The second-order valence-corrected chi connectivity index (χ2v) is 10.6. The SMILES string of the molecule is Cc1ccc(N2C(=O)/C(=C\c3cc(Br)ccc3Oc3ccc(C(F)(F)F)cc3[N+](=O)[O-])SC2=S)cc1C. The van der Waals surface area contributed by atoms with Crippen molar-refractivity contribution in [3.8, 4) is 11.5 Å². The maximum Gasteiger partial charge on any atom is 0.416 e. The highest BCUT2D eigenvalue weighted by Gasteiger charge is 2.35. The van der Waals surface area contributed by atoms with Crippen molar-refractivity contribution in [2.45, 2.75) is 20.0 Å². The third-order valence-corrected chi connectivity index (χ3v) is 7.30. The van der Waals surface area contributed by atoms with Gasteiger partial charge in [-0.25, -0.2) is 0 Å². The number of rotatable bonds is 5. The lowest BCUT2D eigenvalue weighted by molar-refractivity contribution is -0.385. The van der Waals surface area contributed by atoms with Gasteiger partial charge in [-0.05, 0) is 73.5 Å². The van der Waals surface area contributed by atoms with Gasteiger partial charge in [-0.15, -0.1) is 0 Å². The second-order valence-electron chi connectivity index (χ2n) is 8.01. The van der Waals surface area contributed by atoms with E-state index >= 15 is 0 Å². The maximum atomic E-state index is 13.2. The van der Waals surface area contributed by atoms with E-state index < -0.39 is 22.4 Å². The van der Waals surface area contributed by atoms with E-state index in [0.717, 1.165) is 29.0 Å². The zero-order chi connectivity index (χ0) is 27.1. The van der Waals surface area contributed by atoms with Gasteiger partial charge >= 0.3 is 11.9 Å². The summed E-state index contributed by atoms with van der Waals surface area (Å²) in [6.07, 6.45) is -3.23. The van der Waals surface area contributed by atoms with Gasteiger partial charge in [0.2, 0.25) is 5.75 Å². The number of aryl methyl sites for hydroxylation is 2. The van der Waals surface area contributed by atoms with E-state index in [1.165, 1.54) is 17.0 Å². The van der Waals surface area contributed by atoms with E-state index in [-0.39, 0.29) is 22.3 Å². The van der Waals surface area contributed by atoms with Gasteiger partial charge in [0, 0.05) is 16.1 Å². The normalized spacial score (nSPS) is 15.0. The Morgan fingerprint density at radius 3 is 2.41 bits per heavy atom. The number of ether oxygens (including phenoxy) is 1. The molecule has 190 valence electrons. The summed E-state index contributed by atoms with van der Waals surface area (Å²) in [5.41, 5.74) is 1.04. The van der Waals surface area contributed by atoms with Gasteiger partial charge < -0.3 is 4.74 Å². The second kappa shape index (κ2) is 10.3. The molecule has 0 saturated carbocycles. The summed E-state index contributed by atoms with van der Waals surface area (Å²) < 4.78 is 45.8. The molecule has 1 amide bonds. The molecule has 4 rings (SSSR count). The molecular weight excluding hydrogens is 593 g/mol. The molecule has 1 aliphatic rings. The van der Waals surface area contributed by atoms with Crippen LogP contribution in [0.1, 0.15) is 22.3 Å². The van der Waals surface area contributed by atoms with E-state index in [0.29, 0.717) is 32.2 Å². The van der Waals surface area contributed by atoms with Crippen LogP contribution in [-0.2, 0) is 11.0 Å². The van der Waals surface area contributed by atoms with Crippen molar-refractivity contribution in [1.29, 1.82) is 0 Å². The maximum absolute atomic E-state index is 13.2. The fourth-order valence-corrected chi connectivity index (χ4v) is 5.13. The van der Waals surface area contributed by atoms with E-state index in [1.54, 1.807) is 18.2 Å². The monoisotopic (exact) mass is 608 g/mol. The highest BCUT2D eigenvalue weighted by Crippen LogP contribution is 2.41. The Balaban J connectivity index is 1.71. The number of alkyl halides is 3. The topological polar surface area (TPSA) is 72.7 Å². The molecule has 6 nitrogen and oxygen atoms in total. The molecule has 0 unspecified atom stereocenters. The van der Waals surface area contributed by atoms with Gasteiger partial charge in [0.25, 0.3) is 5.91 Å². The summed E-state index contributed by atoms with van der Waals surface area (Å²) in [7, 11) is 0. The van der Waals surface area contributed by atoms with Crippen LogP contribution in [0.15, 0.2) is 64.0 Å². The van der Waals surface area contributed by atoms with Gasteiger partial charge in [0.15, 0.2) is 4.32 Å². The molecule has 0 bridgehead atoms. The molecule has 0 atom stereocenters. The molecule has 3 aromatic rings. The molecule has 0 aliphatic carbocycles. The highest BCUT2D eigenvalue weighted by atomic mass is 79.9. The van der Waals surface area contributed by atoms with Crippen molar-refractivity contribution in [2.24, 2.45) is 0 Å². The van der Waals surface area contributed by atoms with E-state index in [1.807, 2.05) is 26.0 Å². The number of carbonyl (C=O) groups excluding carboxylic acids is 1. The van der Waals surface area contributed by atoms with Crippen molar-refractivity contribution in [3.63, 3.8) is 0 Å². The number of thiocarbonyl (C=S) groups is 1. The highest BCUT2D eigenvalue weighted by molar-refractivity contribution is 9.10. The number of amides is 1. The predicted octanol–water partition coefficient (Wildman–Crippen LogP) is 8.19. The quantitative estimate of drug-likeness (QED) is 0.126. The molecule has 0 radical (unpaired) electrons. The van der Waals surface area contributed by atoms with Gasteiger partial charge in [0.05, 0.1) is 21.1 Å². The lowest BCUT2D eigenvalue weighted by atomic mass is 10.1. The molecule has 1 heterocycles. The van der Waals surface area contributed by atoms with Gasteiger partial charge in [0.1, 0.15) is 5.75 Å². The number of hydrogen-bond acceptors (Lipinski definition) is 6. The number of thioether (sulfide) groups is 1. The number of nitro benzene ring substituents is 1. The average Bonchev–Trinajstić information content (AvgIpc) is 3.09. The minimum absolute atomic E-state index is 0.0995. The van der Waals surface area contributed by atoms with Crippen LogP contribution >= 0.6 is 39.9 Å². The predicted molar refractivity (Wildman–Crippen MR) is 144 cm³/mol. The molecule has 12 heteroatoms. The van der Waals surface area contributed by atoms with Crippen LogP contribution in [0.2, 0.25) is 0 Å². The Labute approximate surface area is 227 Å². The zero-order valence-electron chi connectivity index (χ0n) is 19.1. The van der Waals surface area contributed by atoms with Crippen LogP contribution in [0.3, 0.4) is 0 Å². The molecular formula is C25H16BrF3N2O4S2. The summed E-state index contributed by atoms with van der Waals surface area (Å²) in [4.78, 5) is 25.5. The fourth-order valence-electron chi connectivity index (χ4n) is 3.46. The lowest BCUT2D eigenvalue weighted by Gasteiger charge is -2.16. The fraction of sp³-hybridized carbons (Fsp3) is 0.120. The number of carbonyl (C=O) groups is 1. The van der Waals surface area contributed by atoms with E-state index in [9.17, 15) is 28.1 Å². The first-order chi connectivity index (χ1) is 17.3. The molecule has 0 spiro atoms. The molecule has 1 saturated heterocycles. The molecule has 1 aliphatic heterocycles. The largest absolute Gasteiger partial charge is 0.449 e. The van der Waals surface area contributed by atoms with Crippen LogP contribution in [0.5, 0.6) is 11.5 Å². The first-order valence-electron chi connectivity index (χ1n) is 10.5. The van der Waals surface area contributed by atoms with Crippen LogP contribution in [0, 0.1) is 24.0 Å². The summed E-state index contributed by atoms with van der Waals surface area (Å²) in [5, 5.41) is 11.5. The Bertz CT molecular complexity index is 1490. The summed E-state index contributed by atoms with van der Waals surface area (Å²) in [5.74, 6) is -0.634. The Morgan fingerprint density at radius 1 is 1.05 bits per heavy atom. The summed E-state index contributed by atoms with van der Waals surface area (Å²) >= 11 is 9.86. The van der Waals surface area contributed by atoms with E-state index in [4.69, 9.17) is 17.0 Å².